The summed E-state index contributed by atoms with van der Waals surface area (Å²) in [6, 6.07) is 8.13. The van der Waals surface area contributed by atoms with Gasteiger partial charge in [-0.15, -0.1) is 0 Å². The molecule has 0 spiro atoms. The van der Waals surface area contributed by atoms with E-state index < -0.39 is 0 Å². The van der Waals surface area contributed by atoms with E-state index in [1.54, 1.807) is 0 Å². The predicted octanol–water partition coefficient (Wildman–Crippen LogP) is 3.70. The van der Waals surface area contributed by atoms with Gasteiger partial charge >= 0.3 is 0 Å². The van der Waals surface area contributed by atoms with Crippen LogP contribution in [0.5, 0.6) is 0 Å². The molecule has 0 atom stereocenters. The molecule has 0 bridgehead atoms. The van der Waals surface area contributed by atoms with Crippen LogP contribution in [0.25, 0.3) is 10.9 Å². The highest BCUT2D eigenvalue weighted by atomic mass is 35.5. The second kappa shape index (κ2) is 7.67. The van der Waals surface area contributed by atoms with Crippen LogP contribution in [-0.4, -0.2) is 30.4 Å². The maximum atomic E-state index is 5.99. The van der Waals surface area contributed by atoms with Crippen molar-refractivity contribution >= 4 is 22.5 Å². The fraction of sp³-hybridized carbons (Fsp3) is 0.500. The quantitative estimate of drug-likeness (QED) is 0.751. The molecular weight excluding hydrogens is 272 g/mol. The summed E-state index contributed by atoms with van der Waals surface area (Å²) in [5.74, 6) is 0. The summed E-state index contributed by atoms with van der Waals surface area (Å²) in [6.45, 7) is 7.89. The Morgan fingerprint density at radius 3 is 2.90 bits per heavy atom. The Balaban J connectivity index is 1.71. The number of rotatable bonds is 8. The first-order chi connectivity index (χ1) is 9.66. The van der Waals surface area contributed by atoms with Gasteiger partial charge in [0.25, 0.3) is 0 Å². The Morgan fingerprint density at radius 1 is 1.25 bits per heavy atom. The zero-order valence-electron chi connectivity index (χ0n) is 12.2. The molecule has 1 N–H and O–H groups in total. The molecule has 1 heterocycles. The highest BCUT2D eigenvalue weighted by molar-refractivity contribution is 6.31. The molecular formula is C16H23ClN2O. The molecule has 2 aromatic rings. The summed E-state index contributed by atoms with van der Waals surface area (Å²) in [5.41, 5.74) is 1.24. The maximum Gasteiger partial charge on any atom is 0.0518 e. The van der Waals surface area contributed by atoms with Crippen molar-refractivity contribution in [3.8, 4) is 0 Å². The van der Waals surface area contributed by atoms with E-state index in [0.29, 0.717) is 6.10 Å². The average Bonchev–Trinajstić information content (AvgIpc) is 2.79. The van der Waals surface area contributed by atoms with Crippen molar-refractivity contribution in [2.45, 2.75) is 32.9 Å². The summed E-state index contributed by atoms with van der Waals surface area (Å²) >= 11 is 5.99. The van der Waals surface area contributed by atoms with Gasteiger partial charge in [0, 0.05) is 41.8 Å². The fourth-order valence-electron chi connectivity index (χ4n) is 2.21. The lowest BCUT2D eigenvalue weighted by atomic mass is 10.2. The van der Waals surface area contributed by atoms with Gasteiger partial charge in [0.15, 0.2) is 0 Å². The number of hydrogen-bond donors (Lipinski definition) is 1. The Kier molecular flexibility index (Phi) is 5.89. The van der Waals surface area contributed by atoms with Gasteiger partial charge in [0.1, 0.15) is 0 Å². The van der Waals surface area contributed by atoms with Gasteiger partial charge in [-0.25, -0.2) is 0 Å². The molecule has 3 nitrogen and oxygen atoms in total. The normalized spacial score (nSPS) is 11.6. The van der Waals surface area contributed by atoms with Crippen molar-refractivity contribution in [1.82, 2.24) is 9.88 Å². The van der Waals surface area contributed by atoms with Crippen molar-refractivity contribution in [3.05, 3.63) is 35.5 Å². The van der Waals surface area contributed by atoms with E-state index in [1.165, 1.54) is 10.9 Å². The molecule has 110 valence electrons. The molecule has 0 fully saturated rings. The van der Waals surface area contributed by atoms with E-state index in [9.17, 15) is 0 Å². The predicted molar refractivity (Wildman–Crippen MR) is 85.5 cm³/mol. The van der Waals surface area contributed by atoms with Gasteiger partial charge < -0.3 is 14.6 Å². The lowest BCUT2D eigenvalue weighted by Crippen LogP contribution is -2.22. The second-order valence-electron chi connectivity index (χ2n) is 5.24. The number of fused-ring (bicyclic) bond motifs is 1. The third-order valence-electron chi connectivity index (χ3n) is 3.21. The number of ether oxygens (including phenoxy) is 1. The highest BCUT2D eigenvalue weighted by Gasteiger charge is 2.01. The Labute approximate surface area is 125 Å². The van der Waals surface area contributed by atoms with E-state index in [4.69, 9.17) is 16.3 Å². The SMILES string of the molecule is CC(C)OCCCNCCn1ccc2cc(Cl)ccc21. The van der Waals surface area contributed by atoms with E-state index in [0.717, 1.165) is 37.7 Å². The molecule has 0 aliphatic carbocycles. The summed E-state index contributed by atoms with van der Waals surface area (Å²) in [7, 11) is 0. The van der Waals surface area contributed by atoms with Crippen LogP contribution in [0.4, 0.5) is 0 Å². The molecule has 4 heteroatoms. The summed E-state index contributed by atoms with van der Waals surface area (Å²) in [5, 5.41) is 5.43. The van der Waals surface area contributed by atoms with Crippen molar-refractivity contribution in [2.75, 3.05) is 19.7 Å². The number of nitrogens with one attached hydrogen (secondary N) is 1. The second-order valence-corrected chi connectivity index (χ2v) is 5.67. The Morgan fingerprint density at radius 2 is 2.10 bits per heavy atom. The standard InChI is InChI=1S/C16H23ClN2O/c1-13(2)20-11-3-7-18-8-10-19-9-6-14-12-15(17)4-5-16(14)19/h4-6,9,12-13,18H,3,7-8,10-11H2,1-2H3. The maximum absolute atomic E-state index is 5.99. The number of nitrogens with zero attached hydrogens (tertiary/aromatic N) is 1. The molecule has 2 rings (SSSR count). The summed E-state index contributed by atoms with van der Waals surface area (Å²) in [6.07, 6.45) is 3.50. The van der Waals surface area contributed by atoms with Crippen molar-refractivity contribution in [2.24, 2.45) is 0 Å². The topological polar surface area (TPSA) is 26.2 Å². The molecule has 0 saturated carbocycles. The van der Waals surface area contributed by atoms with Crippen LogP contribution in [-0.2, 0) is 11.3 Å². The van der Waals surface area contributed by atoms with Crippen molar-refractivity contribution in [3.63, 3.8) is 0 Å². The van der Waals surface area contributed by atoms with E-state index in [-0.39, 0.29) is 0 Å². The third kappa shape index (κ3) is 4.51. The van der Waals surface area contributed by atoms with Crippen LogP contribution in [0.3, 0.4) is 0 Å². The molecule has 1 aromatic carbocycles. The molecule has 20 heavy (non-hydrogen) atoms. The number of aromatic nitrogens is 1. The first-order valence-electron chi connectivity index (χ1n) is 7.23. The van der Waals surface area contributed by atoms with Crippen LogP contribution in [0.2, 0.25) is 5.02 Å². The fourth-order valence-corrected chi connectivity index (χ4v) is 2.39. The first kappa shape index (κ1) is 15.4. The summed E-state index contributed by atoms with van der Waals surface area (Å²) in [4.78, 5) is 0. The van der Waals surface area contributed by atoms with Crippen LogP contribution in [0.1, 0.15) is 20.3 Å². The highest BCUT2D eigenvalue weighted by Crippen LogP contribution is 2.20. The molecule has 0 aliphatic heterocycles. The Hall–Kier alpha value is -1.03. The molecule has 0 amide bonds. The number of benzene rings is 1. The number of halogens is 1. The van der Waals surface area contributed by atoms with Gasteiger partial charge in [-0.3, -0.25) is 0 Å². The minimum atomic E-state index is 0.327. The third-order valence-corrected chi connectivity index (χ3v) is 3.45. The Bertz CT molecular complexity index is 536. The molecule has 0 aliphatic rings. The van der Waals surface area contributed by atoms with E-state index in [1.807, 2.05) is 12.1 Å². The van der Waals surface area contributed by atoms with Crippen LogP contribution >= 0.6 is 11.6 Å². The minimum absolute atomic E-state index is 0.327. The molecule has 0 unspecified atom stereocenters. The van der Waals surface area contributed by atoms with Crippen LogP contribution < -0.4 is 5.32 Å². The lowest BCUT2D eigenvalue weighted by Gasteiger charge is -2.09. The van der Waals surface area contributed by atoms with Crippen molar-refractivity contribution in [1.29, 1.82) is 0 Å². The monoisotopic (exact) mass is 294 g/mol. The molecule has 0 saturated heterocycles. The van der Waals surface area contributed by atoms with Gasteiger partial charge in [-0.1, -0.05) is 11.6 Å². The van der Waals surface area contributed by atoms with Gasteiger partial charge in [-0.05, 0) is 51.1 Å². The van der Waals surface area contributed by atoms with Crippen molar-refractivity contribution < 1.29 is 4.74 Å². The zero-order chi connectivity index (χ0) is 14.4. The van der Waals surface area contributed by atoms with Crippen LogP contribution in [0.15, 0.2) is 30.5 Å². The molecule has 0 radical (unpaired) electrons. The lowest BCUT2D eigenvalue weighted by molar-refractivity contribution is 0.0771. The number of hydrogen-bond acceptors (Lipinski definition) is 2. The smallest absolute Gasteiger partial charge is 0.0518 e. The summed E-state index contributed by atoms with van der Waals surface area (Å²) < 4.78 is 7.76. The van der Waals surface area contributed by atoms with E-state index in [2.05, 4.69) is 42.1 Å². The molecule has 1 aromatic heterocycles. The first-order valence-corrected chi connectivity index (χ1v) is 7.61. The van der Waals surface area contributed by atoms with Gasteiger partial charge in [0.2, 0.25) is 0 Å². The van der Waals surface area contributed by atoms with E-state index >= 15 is 0 Å². The average molecular weight is 295 g/mol. The zero-order valence-corrected chi connectivity index (χ0v) is 13.0. The van der Waals surface area contributed by atoms with Crippen LogP contribution in [0, 0.1) is 0 Å². The van der Waals surface area contributed by atoms with Gasteiger partial charge in [-0.2, -0.15) is 0 Å². The largest absolute Gasteiger partial charge is 0.379 e. The van der Waals surface area contributed by atoms with Gasteiger partial charge in [0.05, 0.1) is 6.10 Å². The minimum Gasteiger partial charge on any atom is -0.379 e.